The molecule has 1 fully saturated rings. The van der Waals surface area contributed by atoms with Gasteiger partial charge in [-0.2, -0.15) is 0 Å². The summed E-state index contributed by atoms with van der Waals surface area (Å²) in [6, 6.07) is 0.207. The number of halogens is 2. The Bertz CT molecular complexity index is 1400. The molecule has 220 valence electrons. The summed E-state index contributed by atoms with van der Waals surface area (Å²) in [5.74, 6) is -2.16. The van der Waals surface area contributed by atoms with E-state index in [0.29, 0.717) is 15.6 Å². The van der Waals surface area contributed by atoms with Crippen molar-refractivity contribution in [3.05, 3.63) is 39.1 Å². The van der Waals surface area contributed by atoms with Crippen molar-refractivity contribution in [1.82, 2.24) is 20.2 Å². The second-order valence-corrected chi connectivity index (χ2v) is 13.2. The zero-order chi connectivity index (χ0) is 29.7. The average Bonchev–Trinajstić information content (AvgIpc) is 3.29. The standard InChI is InChI=1S/C22H23ClFN7O6S4/c23-17-13(29-22(26)41-17)14(30-37-4-2-24)18(33)28-15-19(34)31-16(21(35)36)12(8-39-20(15)31)40-10-1-3-27-5-11(10)38-7-9(25)6-32/h1,3,5,9,15,20,32H,2,4,6-8,25H2,(H2,26,29)(H,28,33)(H,35,36)/t9?,15-,20+/m1/s1. The van der Waals surface area contributed by atoms with Crippen LogP contribution in [0.2, 0.25) is 4.34 Å². The normalized spacial score (nSPS) is 19.5. The molecular weight excluding hydrogens is 641 g/mol. The number of pyridine rings is 1. The van der Waals surface area contributed by atoms with Gasteiger partial charge in [0.2, 0.25) is 0 Å². The number of nitrogens with two attached hydrogens (primary N) is 2. The van der Waals surface area contributed by atoms with Crippen LogP contribution in [0.1, 0.15) is 5.69 Å². The molecule has 4 heterocycles. The predicted octanol–water partition coefficient (Wildman–Crippen LogP) is 1.36. The lowest BCUT2D eigenvalue weighted by molar-refractivity contribution is -0.150. The van der Waals surface area contributed by atoms with Gasteiger partial charge in [0.05, 0.1) is 6.61 Å². The summed E-state index contributed by atoms with van der Waals surface area (Å²) in [4.78, 5) is 54.5. The molecule has 0 aromatic carbocycles. The number of thiazole rings is 1. The summed E-state index contributed by atoms with van der Waals surface area (Å²) in [5.41, 5.74) is 10.8. The Labute approximate surface area is 254 Å². The van der Waals surface area contributed by atoms with Gasteiger partial charge in [0.1, 0.15) is 40.4 Å². The smallest absolute Gasteiger partial charge is 0.353 e. The SMILES string of the molecule is Nc1nc(C(=NOCCF)C(=O)N[C@@H]2C(=O)N3C(C(=O)O)=C(Sc4ccncc4SCC(N)CO)CS[C@@H]23)c(Cl)s1. The number of carboxylic acids is 1. The number of carbonyl (C=O) groups excluding carboxylic acids is 2. The number of rotatable bonds is 13. The third-order valence-corrected chi connectivity index (χ3v) is 10.5. The zero-order valence-electron chi connectivity index (χ0n) is 20.9. The molecule has 0 aliphatic carbocycles. The molecular formula is C22H23ClFN7O6S4. The maximum absolute atomic E-state index is 13.2. The lowest BCUT2D eigenvalue weighted by atomic mass is 10.0. The van der Waals surface area contributed by atoms with Crippen molar-refractivity contribution in [2.24, 2.45) is 10.9 Å². The van der Waals surface area contributed by atoms with Crippen molar-refractivity contribution >= 4 is 86.9 Å². The van der Waals surface area contributed by atoms with Crippen LogP contribution in [0.15, 0.2) is 44.0 Å². The highest BCUT2D eigenvalue weighted by atomic mass is 35.5. The molecule has 3 atom stereocenters. The van der Waals surface area contributed by atoms with Gasteiger partial charge in [-0.1, -0.05) is 39.9 Å². The fourth-order valence-corrected chi connectivity index (χ4v) is 8.16. The van der Waals surface area contributed by atoms with E-state index in [1.807, 2.05) is 0 Å². The molecule has 41 heavy (non-hydrogen) atoms. The van der Waals surface area contributed by atoms with Gasteiger partial charge in [0.25, 0.3) is 11.8 Å². The zero-order valence-corrected chi connectivity index (χ0v) is 24.9. The maximum Gasteiger partial charge on any atom is 0.353 e. The van der Waals surface area contributed by atoms with Crippen molar-refractivity contribution in [1.29, 1.82) is 0 Å². The molecule has 7 N–H and O–H groups in total. The third-order valence-electron chi connectivity index (χ3n) is 5.46. The van der Waals surface area contributed by atoms with E-state index >= 15 is 0 Å². The van der Waals surface area contributed by atoms with Crippen LogP contribution in [0.4, 0.5) is 9.52 Å². The number of carboxylic acid groups (broad SMARTS) is 1. The van der Waals surface area contributed by atoms with Crippen LogP contribution in [-0.4, -0.2) is 97.4 Å². The number of hydrogen-bond donors (Lipinski definition) is 5. The number of alkyl halides is 1. The molecule has 4 rings (SSSR count). The van der Waals surface area contributed by atoms with Gasteiger partial charge in [-0.3, -0.25) is 19.5 Å². The number of aromatic nitrogens is 2. The Morgan fingerprint density at radius 3 is 2.85 bits per heavy atom. The molecule has 1 unspecified atom stereocenters. The highest BCUT2D eigenvalue weighted by molar-refractivity contribution is 8.07. The van der Waals surface area contributed by atoms with Gasteiger partial charge in [0.15, 0.2) is 10.8 Å². The van der Waals surface area contributed by atoms with Crippen molar-refractivity contribution < 1.29 is 33.8 Å². The summed E-state index contributed by atoms with van der Waals surface area (Å²) in [6.07, 6.45) is 3.19. The van der Waals surface area contributed by atoms with Crippen LogP contribution in [0, 0.1) is 0 Å². The summed E-state index contributed by atoms with van der Waals surface area (Å²) in [6.45, 7) is -1.47. The second kappa shape index (κ2) is 14.0. The first-order valence-electron chi connectivity index (χ1n) is 11.7. The van der Waals surface area contributed by atoms with E-state index in [9.17, 15) is 29.0 Å². The number of anilines is 1. The van der Waals surface area contributed by atoms with Crippen LogP contribution in [-0.2, 0) is 19.2 Å². The van der Waals surface area contributed by atoms with E-state index in [0.717, 1.165) is 21.1 Å². The van der Waals surface area contributed by atoms with Crippen molar-refractivity contribution in [2.45, 2.75) is 27.2 Å². The van der Waals surface area contributed by atoms with Crippen LogP contribution in [0.3, 0.4) is 0 Å². The van der Waals surface area contributed by atoms with Crippen molar-refractivity contribution in [3.8, 4) is 0 Å². The summed E-state index contributed by atoms with van der Waals surface area (Å²) in [5, 5.41) is 24.8. The minimum Gasteiger partial charge on any atom is -0.477 e. The molecule has 2 aliphatic heterocycles. The fraction of sp³-hybridized carbons (Fsp3) is 0.364. The van der Waals surface area contributed by atoms with Gasteiger partial charge < -0.3 is 31.8 Å². The van der Waals surface area contributed by atoms with E-state index in [1.165, 1.54) is 35.3 Å². The fourth-order valence-electron chi connectivity index (χ4n) is 3.62. The molecule has 2 aromatic rings. The number of β-lactam (4-membered cyclic amide) rings is 1. The van der Waals surface area contributed by atoms with Crippen LogP contribution < -0.4 is 16.8 Å². The van der Waals surface area contributed by atoms with Crippen LogP contribution in [0.25, 0.3) is 0 Å². The summed E-state index contributed by atoms with van der Waals surface area (Å²) in [7, 11) is 0. The minimum atomic E-state index is -1.30. The minimum absolute atomic E-state index is 0.0404. The molecule has 19 heteroatoms. The van der Waals surface area contributed by atoms with E-state index in [2.05, 4.69) is 20.4 Å². The Morgan fingerprint density at radius 2 is 2.20 bits per heavy atom. The molecule has 2 aromatic heterocycles. The number of fused-ring (bicyclic) bond motifs is 1. The summed E-state index contributed by atoms with van der Waals surface area (Å²) >= 11 is 10.8. The van der Waals surface area contributed by atoms with Gasteiger partial charge in [-0.15, -0.1) is 23.5 Å². The maximum atomic E-state index is 13.2. The van der Waals surface area contributed by atoms with Gasteiger partial charge in [0, 0.05) is 44.6 Å². The Morgan fingerprint density at radius 1 is 1.41 bits per heavy atom. The molecule has 13 nitrogen and oxygen atoms in total. The Kier molecular flexibility index (Phi) is 10.7. The molecule has 0 spiro atoms. The number of aliphatic carboxylic acids is 1. The number of nitrogens with one attached hydrogen (secondary N) is 1. The number of nitrogens with zero attached hydrogens (tertiary/aromatic N) is 4. The topological polar surface area (TPSA) is 206 Å². The molecule has 0 saturated carbocycles. The first-order chi connectivity index (χ1) is 19.7. The molecule has 0 radical (unpaired) electrons. The molecule has 2 amide bonds. The quantitative estimate of drug-likeness (QED) is 0.0676. The second-order valence-electron chi connectivity index (χ2n) is 8.25. The van der Waals surface area contributed by atoms with Crippen molar-refractivity contribution in [2.75, 3.05) is 37.1 Å². The molecule has 1 saturated heterocycles. The number of nitrogen functional groups attached to an aromatic ring is 1. The summed E-state index contributed by atoms with van der Waals surface area (Å²) < 4.78 is 12.6. The van der Waals surface area contributed by atoms with E-state index in [-0.39, 0.29) is 33.2 Å². The highest BCUT2D eigenvalue weighted by Gasteiger charge is 2.54. The number of hydrogen-bond acceptors (Lipinski definition) is 14. The molecule has 2 aliphatic rings. The van der Waals surface area contributed by atoms with Crippen LogP contribution in [0.5, 0.6) is 0 Å². The highest BCUT2D eigenvalue weighted by Crippen LogP contribution is 2.46. The number of aliphatic hydroxyl groups excluding tert-OH is 1. The third kappa shape index (κ3) is 7.07. The van der Waals surface area contributed by atoms with E-state index in [4.69, 9.17) is 27.9 Å². The monoisotopic (exact) mass is 663 g/mol. The number of carbonyl (C=O) groups is 3. The lowest BCUT2D eigenvalue weighted by Gasteiger charge is -2.49. The lowest BCUT2D eigenvalue weighted by Crippen LogP contribution is -2.71. The van der Waals surface area contributed by atoms with Crippen LogP contribution >= 0.6 is 58.2 Å². The number of amides is 2. The number of thioether (sulfide) groups is 3. The van der Waals surface area contributed by atoms with E-state index < -0.39 is 54.2 Å². The number of oxime groups is 1. The first kappa shape index (κ1) is 31.3. The first-order valence-corrected chi connectivity index (χ1v) is 15.7. The van der Waals surface area contributed by atoms with Gasteiger partial charge in [-0.25, -0.2) is 14.2 Å². The average molecular weight is 664 g/mol. The van der Waals surface area contributed by atoms with E-state index in [1.54, 1.807) is 18.5 Å². The number of aliphatic hydroxyl groups is 1. The predicted molar refractivity (Wildman–Crippen MR) is 156 cm³/mol. The van der Waals surface area contributed by atoms with Crippen molar-refractivity contribution in [3.63, 3.8) is 0 Å². The molecule has 0 bridgehead atoms. The largest absolute Gasteiger partial charge is 0.477 e. The Hall–Kier alpha value is -2.61. The van der Waals surface area contributed by atoms with Gasteiger partial charge >= 0.3 is 5.97 Å². The Balaban J connectivity index is 1.53. The van der Waals surface area contributed by atoms with Gasteiger partial charge in [-0.05, 0) is 6.07 Å².